The second-order valence-corrected chi connectivity index (χ2v) is 8.18. The van der Waals surface area contributed by atoms with Crippen molar-refractivity contribution in [2.45, 2.75) is 31.2 Å². The van der Waals surface area contributed by atoms with Gasteiger partial charge < -0.3 is 9.88 Å². The van der Waals surface area contributed by atoms with Gasteiger partial charge in [0.15, 0.2) is 0 Å². The molecule has 7 heteroatoms. The number of aromatic nitrogens is 2. The molecule has 28 heavy (non-hydrogen) atoms. The predicted molar refractivity (Wildman–Crippen MR) is 110 cm³/mol. The van der Waals surface area contributed by atoms with Gasteiger partial charge in [0.25, 0.3) is 5.91 Å². The van der Waals surface area contributed by atoms with E-state index in [1.54, 1.807) is 30.3 Å². The van der Waals surface area contributed by atoms with E-state index in [4.69, 9.17) is 0 Å². The summed E-state index contributed by atoms with van der Waals surface area (Å²) >= 11 is 1.71. The third-order valence-corrected chi connectivity index (χ3v) is 6.51. The molecule has 3 aromatic rings. The molecule has 2 aromatic heterocycles. The number of rotatable bonds is 5. The maximum Gasteiger partial charge on any atom is 0.268 e. The highest BCUT2D eigenvalue weighted by Gasteiger charge is 2.20. The van der Waals surface area contributed by atoms with E-state index < -0.39 is 0 Å². The van der Waals surface area contributed by atoms with E-state index in [1.807, 2.05) is 30.7 Å². The summed E-state index contributed by atoms with van der Waals surface area (Å²) in [4.78, 5) is 18.1. The van der Waals surface area contributed by atoms with Gasteiger partial charge in [0.1, 0.15) is 11.5 Å². The third kappa shape index (κ3) is 3.64. The molecule has 0 aliphatic carbocycles. The Morgan fingerprint density at radius 2 is 2.07 bits per heavy atom. The van der Waals surface area contributed by atoms with Crippen molar-refractivity contribution in [3.63, 3.8) is 0 Å². The lowest BCUT2D eigenvalue weighted by Crippen LogP contribution is -2.25. The van der Waals surface area contributed by atoms with Crippen LogP contribution in [0.2, 0.25) is 0 Å². The van der Waals surface area contributed by atoms with Crippen LogP contribution in [0.5, 0.6) is 0 Å². The number of fused-ring (bicyclic) bond motifs is 1. The molecule has 0 atom stereocenters. The summed E-state index contributed by atoms with van der Waals surface area (Å²) in [6.45, 7) is 4.29. The van der Waals surface area contributed by atoms with E-state index in [0.717, 1.165) is 29.1 Å². The first-order valence-electron chi connectivity index (χ1n) is 9.44. The molecule has 3 heterocycles. The molecule has 1 aromatic carbocycles. The summed E-state index contributed by atoms with van der Waals surface area (Å²) in [5, 5.41) is 3.59. The van der Waals surface area contributed by atoms with E-state index in [1.165, 1.54) is 18.9 Å². The molecule has 1 aliphatic rings. The van der Waals surface area contributed by atoms with Crippen molar-refractivity contribution < 1.29 is 9.18 Å². The minimum atomic E-state index is -0.339. The van der Waals surface area contributed by atoms with Gasteiger partial charge in [-0.1, -0.05) is 6.07 Å². The Labute approximate surface area is 168 Å². The summed E-state index contributed by atoms with van der Waals surface area (Å²) in [6, 6.07) is 8.57. The van der Waals surface area contributed by atoms with Crippen molar-refractivity contribution in [1.29, 1.82) is 0 Å². The fraction of sp³-hybridized carbons (Fsp3) is 0.333. The summed E-state index contributed by atoms with van der Waals surface area (Å²) in [7, 11) is 1.89. The molecular formula is C21H23FN4OS. The average Bonchev–Trinajstić information content (AvgIpc) is 3.31. The molecule has 1 aliphatic heterocycles. The standard InChI is InChI=1S/C21H23FN4OS/c1-14-20(28-26-10-3-4-11-26)12-19(25(14)2)21(27)24-13-16-15-6-5-9-23-18(15)8-7-17(16)22/h5-9,12H,3-4,10-11,13H2,1-2H3,(H,24,27). The number of hydrogen-bond acceptors (Lipinski definition) is 4. The number of carbonyl (C=O) groups is 1. The second kappa shape index (κ2) is 7.93. The van der Waals surface area contributed by atoms with Gasteiger partial charge in [-0.25, -0.2) is 8.70 Å². The molecule has 0 radical (unpaired) electrons. The zero-order valence-corrected chi connectivity index (χ0v) is 16.9. The Bertz CT molecular complexity index is 1030. The largest absolute Gasteiger partial charge is 0.347 e. The van der Waals surface area contributed by atoms with Crippen molar-refractivity contribution >= 4 is 28.8 Å². The highest BCUT2D eigenvalue weighted by atomic mass is 32.2. The highest BCUT2D eigenvalue weighted by molar-refractivity contribution is 7.97. The Morgan fingerprint density at radius 3 is 2.86 bits per heavy atom. The molecule has 0 unspecified atom stereocenters. The smallest absolute Gasteiger partial charge is 0.268 e. The molecular weight excluding hydrogens is 375 g/mol. The maximum atomic E-state index is 14.4. The SMILES string of the molecule is Cc1c(SN2CCCC2)cc(C(=O)NCc2c(F)ccc3ncccc23)n1C. The quantitative estimate of drug-likeness (QED) is 0.659. The van der Waals surface area contributed by atoms with Crippen molar-refractivity contribution in [3.8, 4) is 0 Å². The van der Waals surface area contributed by atoms with Crippen molar-refractivity contribution in [2.75, 3.05) is 13.1 Å². The molecule has 4 rings (SSSR count). The van der Waals surface area contributed by atoms with E-state index in [9.17, 15) is 9.18 Å². The van der Waals surface area contributed by atoms with Crippen LogP contribution in [0.1, 0.15) is 34.6 Å². The lowest BCUT2D eigenvalue weighted by atomic mass is 10.1. The molecule has 1 amide bonds. The van der Waals surface area contributed by atoms with E-state index in [2.05, 4.69) is 14.6 Å². The Morgan fingerprint density at radius 1 is 1.29 bits per heavy atom. The molecule has 0 saturated carbocycles. The number of hydrogen-bond donors (Lipinski definition) is 1. The number of carbonyl (C=O) groups excluding carboxylic acids is 1. The van der Waals surface area contributed by atoms with Crippen LogP contribution in [0.4, 0.5) is 4.39 Å². The summed E-state index contributed by atoms with van der Waals surface area (Å²) < 4.78 is 18.6. The monoisotopic (exact) mass is 398 g/mol. The van der Waals surface area contributed by atoms with Crippen LogP contribution < -0.4 is 5.32 Å². The van der Waals surface area contributed by atoms with Crippen LogP contribution in [0, 0.1) is 12.7 Å². The van der Waals surface area contributed by atoms with Gasteiger partial charge in [-0.05, 0) is 56.0 Å². The van der Waals surface area contributed by atoms with Crippen molar-refractivity contribution in [2.24, 2.45) is 7.05 Å². The van der Waals surface area contributed by atoms with Gasteiger partial charge in [-0.2, -0.15) is 0 Å². The topological polar surface area (TPSA) is 50.2 Å². The van der Waals surface area contributed by atoms with Crippen molar-refractivity contribution in [3.05, 3.63) is 59.3 Å². The number of nitrogens with one attached hydrogen (secondary N) is 1. The number of nitrogens with zero attached hydrogens (tertiary/aromatic N) is 3. The maximum absolute atomic E-state index is 14.4. The molecule has 0 bridgehead atoms. The summed E-state index contributed by atoms with van der Waals surface area (Å²) in [6.07, 6.45) is 4.12. The van der Waals surface area contributed by atoms with Gasteiger partial charge >= 0.3 is 0 Å². The Balaban J connectivity index is 1.52. The minimum Gasteiger partial charge on any atom is -0.347 e. The third-order valence-electron chi connectivity index (χ3n) is 5.28. The Hall–Kier alpha value is -2.38. The van der Waals surface area contributed by atoms with Gasteiger partial charge in [-0.3, -0.25) is 9.78 Å². The lowest BCUT2D eigenvalue weighted by Gasteiger charge is -2.12. The van der Waals surface area contributed by atoms with E-state index >= 15 is 0 Å². The van der Waals surface area contributed by atoms with Crippen LogP contribution in [-0.2, 0) is 13.6 Å². The van der Waals surface area contributed by atoms with Gasteiger partial charge in [0.05, 0.1) is 5.52 Å². The van der Waals surface area contributed by atoms with Gasteiger partial charge in [0.2, 0.25) is 0 Å². The summed E-state index contributed by atoms with van der Waals surface area (Å²) in [5.74, 6) is -0.548. The van der Waals surface area contributed by atoms with Crippen LogP contribution in [-0.4, -0.2) is 32.9 Å². The fourth-order valence-corrected chi connectivity index (χ4v) is 4.68. The number of amides is 1. The zero-order chi connectivity index (χ0) is 19.7. The number of benzene rings is 1. The molecule has 146 valence electrons. The van der Waals surface area contributed by atoms with Crippen LogP contribution in [0.15, 0.2) is 41.4 Å². The average molecular weight is 399 g/mol. The van der Waals surface area contributed by atoms with Crippen molar-refractivity contribution in [1.82, 2.24) is 19.2 Å². The molecule has 0 spiro atoms. The summed E-state index contributed by atoms with van der Waals surface area (Å²) in [5.41, 5.74) is 2.81. The minimum absolute atomic E-state index is 0.118. The number of pyridine rings is 1. The van der Waals surface area contributed by atoms with Crippen LogP contribution >= 0.6 is 11.9 Å². The fourth-order valence-electron chi connectivity index (χ4n) is 3.53. The zero-order valence-electron chi connectivity index (χ0n) is 16.0. The lowest BCUT2D eigenvalue weighted by molar-refractivity contribution is 0.0942. The normalized spacial score (nSPS) is 14.7. The first kappa shape index (κ1) is 19.0. The van der Waals surface area contributed by atoms with Crippen LogP contribution in [0.3, 0.4) is 0 Å². The second-order valence-electron chi connectivity index (χ2n) is 7.04. The Kier molecular flexibility index (Phi) is 5.37. The van der Waals surface area contributed by atoms with E-state index in [0.29, 0.717) is 16.8 Å². The van der Waals surface area contributed by atoms with Crippen LogP contribution in [0.25, 0.3) is 10.9 Å². The van der Waals surface area contributed by atoms with E-state index in [-0.39, 0.29) is 18.3 Å². The number of halogens is 1. The highest BCUT2D eigenvalue weighted by Crippen LogP contribution is 2.31. The predicted octanol–water partition coefficient (Wildman–Crippen LogP) is 4.05. The first-order valence-corrected chi connectivity index (χ1v) is 10.2. The van der Waals surface area contributed by atoms with Gasteiger partial charge in [-0.15, -0.1) is 0 Å². The van der Waals surface area contributed by atoms with Gasteiger partial charge in [0, 0.05) is 54.4 Å². The first-order chi connectivity index (χ1) is 13.5. The molecule has 1 fully saturated rings. The molecule has 5 nitrogen and oxygen atoms in total. The molecule has 1 N–H and O–H groups in total. The molecule has 1 saturated heterocycles.